The Morgan fingerprint density at radius 1 is 1.37 bits per heavy atom. The van der Waals surface area contributed by atoms with Crippen molar-refractivity contribution in [2.75, 3.05) is 13.1 Å². The van der Waals surface area contributed by atoms with Crippen LogP contribution in [0.2, 0.25) is 0 Å². The Balaban J connectivity index is 1.67. The third-order valence-corrected chi connectivity index (χ3v) is 4.90. The quantitative estimate of drug-likeness (QED) is 0.837. The molecule has 2 aromatic rings. The lowest BCUT2D eigenvalue weighted by Gasteiger charge is -2.33. The van der Waals surface area contributed by atoms with E-state index in [2.05, 4.69) is 34.1 Å². The molecular formula is C20H27N5O2. The summed E-state index contributed by atoms with van der Waals surface area (Å²) < 4.78 is 0. The summed E-state index contributed by atoms with van der Waals surface area (Å²) in [5.41, 5.74) is 1.51. The first-order valence-electron chi connectivity index (χ1n) is 9.48. The lowest BCUT2D eigenvalue weighted by molar-refractivity contribution is -0.131. The molecule has 7 nitrogen and oxygen atoms in total. The number of carbonyl (C=O) groups is 1. The van der Waals surface area contributed by atoms with E-state index in [0.29, 0.717) is 29.2 Å². The van der Waals surface area contributed by atoms with E-state index in [-0.39, 0.29) is 17.9 Å². The number of aryl methyl sites for hydroxylation is 1. The minimum absolute atomic E-state index is 0.0116. The van der Waals surface area contributed by atoms with Gasteiger partial charge in [0.15, 0.2) is 0 Å². The topological polar surface area (TPSA) is 91.0 Å². The normalized spacial score (nSPS) is 15.3. The second kappa shape index (κ2) is 8.43. The van der Waals surface area contributed by atoms with Gasteiger partial charge < -0.3 is 15.2 Å². The Morgan fingerprint density at radius 2 is 2.11 bits per heavy atom. The van der Waals surface area contributed by atoms with Gasteiger partial charge in [-0.15, -0.1) is 0 Å². The second-order valence-corrected chi connectivity index (χ2v) is 7.37. The van der Waals surface area contributed by atoms with Gasteiger partial charge >= 0.3 is 0 Å². The van der Waals surface area contributed by atoms with Crippen molar-refractivity contribution in [2.24, 2.45) is 0 Å². The van der Waals surface area contributed by atoms with Crippen LogP contribution in [0.15, 0.2) is 29.3 Å². The fourth-order valence-corrected chi connectivity index (χ4v) is 3.49. The van der Waals surface area contributed by atoms with Crippen molar-refractivity contribution in [1.82, 2.24) is 25.2 Å². The smallest absolute Gasteiger partial charge is 0.255 e. The Morgan fingerprint density at radius 3 is 2.70 bits per heavy atom. The fourth-order valence-electron chi connectivity index (χ4n) is 3.49. The molecule has 1 aliphatic rings. The third-order valence-electron chi connectivity index (χ3n) is 4.90. The first-order chi connectivity index (χ1) is 12.9. The van der Waals surface area contributed by atoms with Crippen molar-refractivity contribution < 1.29 is 4.79 Å². The van der Waals surface area contributed by atoms with Crippen LogP contribution in [0.5, 0.6) is 0 Å². The number of nitrogens with one attached hydrogen (secondary N) is 2. The van der Waals surface area contributed by atoms with Gasteiger partial charge in [-0.1, -0.05) is 13.8 Å². The monoisotopic (exact) mass is 369 g/mol. The standard InChI is InChI=1S/C20H27N5O2/c1-13(2)22-16-6-9-25(10-7-16)18(26)11-17-14(3)23-19(24-20(17)27)15-5-4-8-21-12-15/h4-5,8,12-13,16,22H,6-7,9-11H2,1-3H3,(H,23,24,27). The van der Waals surface area contributed by atoms with Crippen LogP contribution in [0.1, 0.15) is 37.9 Å². The summed E-state index contributed by atoms with van der Waals surface area (Å²) in [6.45, 7) is 7.49. The molecule has 0 spiro atoms. The summed E-state index contributed by atoms with van der Waals surface area (Å²) >= 11 is 0. The molecule has 3 heterocycles. The summed E-state index contributed by atoms with van der Waals surface area (Å²) in [6, 6.07) is 4.53. The van der Waals surface area contributed by atoms with Crippen LogP contribution in [0.3, 0.4) is 0 Å². The number of nitrogens with zero attached hydrogens (tertiary/aromatic N) is 3. The first-order valence-corrected chi connectivity index (χ1v) is 9.48. The molecule has 1 fully saturated rings. The van der Waals surface area contributed by atoms with Gasteiger partial charge in [-0.2, -0.15) is 0 Å². The molecular weight excluding hydrogens is 342 g/mol. The molecule has 144 valence electrons. The van der Waals surface area contributed by atoms with E-state index < -0.39 is 0 Å². The zero-order valence-corrected chi connectivity index (χ0v) is 16.2. The van der Waals surface area contributed by atoms with E-state index in [1.165, 1.54) is 0 Å². The van der Waals surface area contributed by atoms with Crippen molar-refractivity contribution >= 4 is 5.91 Å². The van der Waals surface area contributed by atoms with Crippen molar-refractivity contribution in [2.45, 2.75) is 52.1 Å². The number of likely N-dealkylation sites (tertiary alicyclic amines) is 1. The van der Waals surface area contributed by atoms with Gasteiger partial charge in [0.2, 0.25) is 5.91 Å². The molecule has 2 N–H and O–H groups in total. The molecule has 0 aromatic carbocycles. The maximum absolute atomic E-state index is 12.7. The van der Waals surface area contributed by atoms with Crippen LogP contribution in [0.25, 0.3) is 11.4 Å². The molecule has 7 heteroatoms. The molecule has 0 saturated carbocycles. The Labute approximate surface area is 159 Å². The van der Waals surface area contributed by atoms with Gasteiger partial charge in [0, 0.05) is 54.4 Å². The average Bonchev–Trinajstić information content (AvgIpc) is 2.65. The van der Waals surface area contributed by atoms with Gasteiger partial charge in [0.25, 0.3) is 5.56 Å². The average molecular weight is 369 g/mol. The SMILES string of the molecule is Cc1nc(-c2cccnc2)[nH]c(=O)c1CC(=O)N1CCC(NC(C)C)CC1. The Bertz CT molecular complexity index is 839. The minimum Gasteiger partial charge on any atom is -0.342 e. The molecule has 0 atom stereocenters. The van der Waals surface area contributed by atoms with Crippen LogP contribution in [0, 0.1) is 6.92 Å². The summed E-state index contributed by atoms with van der Waals surface area (Å²) in [5.74, 6) is 0.463. The number of hydrogen-bond donors (Lipinski definition) is 2. The molecule has 0 radical (unpaired) electrons. The number of pyridine rings is 1. The third kappa shape index (κ3) is 4.80. The minimum atomic E-state index is -0.258. The summed E-state index contributed by atoms with van der Waals surface area (Å²) in [7, 11) is 0. The highest BCUT2D eigenvalue weighted by molar-refractivity contribution is 5.79. The maximum atomic E-state index is 12.7. The fraction of sp³-hybridized carbons (Fsp3) is 0.500. The number of amides is 1. The van der Waals surface area contributed by atoms with Crippen molar-refractivity contribution in [1.29, 1.82) is 0 Å². The maximum Gasteiger partial charge on any atom is 0.255 e. The number of carbonyl (C=O) groups excluding carboxylic acids is 1. The molecule has 1 saturated heterocycles. The van der Waals surface area contributed by atoms with Gasteiger partial charge in [0.05, 0.1) is 6.42 Å². The molecule has 0 aliphatic carbocycles. The molecule has 0 bridgehead atoms. The highest BCUT2D eigenvalue weighted by atomic mass is 16.2. The van der Waals surface area contributed by atoms with Crippen LogP contribution in [0.4, 0.5) is 0 Å². The molecule has 2 aromatic heterocycles. The largest absolute Gasteiger partial charge is 0.342 e. The van der Waals surface area contributed by atoms with Gasteiger partial charge in [-0.3, -0.25) is 14.6 Å². The lowest BCUT2D eigenvalue weighted by Crippen LogP contribution is -2.47. The zero-order chi connectivity index (χ0) is 19.4. The lowest BCUT2D eigenvalue weighted by atomic mass is 10.0. The molecule has 3 rings (SSSR count). The molecule has 0 unspecified atom stereocenters. The van der Waals surface area contributed by atoms with E-state index in [0.717, 1.165) is 31.5 Å². The molecule has 1 aliphatic heterocycles. The van der Waals surface area contributed by atoms with Crippen molar-refractivity contribution in [3.05, 3.63) is 46.1 Å². The van der Waals surface area contributed by atoms with E-state index in [9.17, 15) is 9.59 Å². The van der Waals surface area contributed by atoms with Crippen molar-refractivity contribution in [3.8, 4) is 11.4 Å². The van der Waals surface area contributed by atoms with Gasteiger partial charge in [0.1, 0.15) is 5.82 Å². The number of aromatic nitrogens is 3. The highest BCUT2D eigenvalue weighted by Crippen LogP contribution is 2.15. The summed E-state index contributed by atoms with van der Waals surface area (Å²) in [5, 5.41) is 3.52. The number of piperidine rings is 1. The summed E-state index contributed by atoms with van der Waals surface area (Å²) in [4.78, 5) is 38.4. The van der Waals surface area contributed by atoms with Gasteiger partial charge in [-0.05, 0) is 31.9 Å². The Kier molecular flexibility index (Phi) is 6.01. The van der Waals surface area contributed by atoms with E-state index in [1.54, 1.807) is 25.4 Å². The molecule has 27 heavy (non-hydrogen) atoms. The first kappa shape index (κ1) is 19.2. The highest BCUT2D eigenvalue weighted by Gasteiger charge is 2.24. The number of aromatic amines is 1. The second-order valence-electron chi connectivity index (χ2n) is 7.37. The van der Waals surface area contributed by atoms with E-state index in [1.807, 2.05) is 11.0 Å². The zero-order valence-electron chi connectivity index (χ0n) is 16.2. The van der Waals surface area contributed by atoms with E-state index >= 15 is 0 Å². The summed E-state index contributed by atoms with van der Waals surface area (Å²) in [6.07, 6.45) is 5.29. The number of H-pyrrole nitrogens is 1. The number of hydrogen-bond acceptors (Lipinski definition) is 5. The number of rotatable bonds is 5. The van der Waals surface area contributed by atoms with Crippen LogP contribution in [-0.4, -0.2) is 50.9 Å². The predicted octanol–water partition coefficient (Wildman–Crippen LogP) is 1.67. The molecule has 1 amide bonds. The van der Waals surface area contributed by atoms with Crippen LogP contribution >= 0.6 is 0 Å². The van der Waals surface area contributed by atoms with Crippen LogP contribution < -0.4 is 10.9 Å². The predicted molar refractivity (Wildman–Crippen MR) is 104 cm³/mol. The van der Waals surface area contributed by atoms with Crippen molar-refractivity contribution in [3.63, 3.8) is 0 Å². The van der Waals surface area contributed by atoms with Crippen LogP contribution in [-0.2, 0) is 11.2 Å². The van der Waals surface area contributed by atoms with Gasteiger partial charge in [-0.25, -0.2) is 4.98 Å². The Hall–Kier alpha value is -2.54. The van der Waals surface area contributed by atoms with E-state index in [4.69, 9.17) is 0 Å².